The molecule has 2 rings (SSSR count). The highest BCUT2D eigenvalue weighted by molar-refractivity contribution is 5.84. The standard InChI is InChI=1S/C11H10N2O5/c1-6-7(4-8(18-6)11(16)17)5-13-10(15)3-2-9(14)12-13/h2-4H,5H2,1H3,(H,12,14)(H,16,17). The number of nitrogens with zero attached hydrogens (tertiary/aromatic N) is 1. The van der Waals surface area contributed by atoms with Crippen molar-refractivity contribution in [2.45, 2.75) is 13.5 Å². The largest absolute Gasteiger partial charge is 0.475 e. The average molecular weight is 250 g/mol. The SMILES string of the molecule is Cc1oc(C(=O)O)cc1Cn1[nH]c(=O)ccc1=O. The van der Waals surface area contributed by atoms with E-state index in [1.54, 1.807) is 6.92 Å². The van der Waals surface area contributed by atoms with E-state index in [1.165, 1.54) is 6.07 Å². The van der Waals surface area contributed by atoms with E-state index in [0.717, 1.165) is 16.8 Å². The first kappa shape index (κ1) is 11.9. The van der Waals surface area contributed by atoms with Crippen molar-refractivity contribution in [2.24, 2.45) is 0 Å². The molecule has 0 unspecified atom stereocenters. The molecular formula is C11H10N2O5. The number of nitrogens with one attached hydrogen (secondary N) is 1. The van der Waals surface area contributed by atoms with E-state index in [0.29, 0.717) is 11.3 Å². The van der Waals surface area contributed by atoms with Gasteiger partial charge in [0.05, 0.1) is 6.54 Å². The second kappa shape index (κ2) is 4.36. The number of carboxylic acid groups (broad SMARTS) is 1. The Hall–Kier alpha value is -2.57. The summed E-state index contributed by atoms with van der Waals surface area (Å²) in [7, 11) is 0. The Kier molecular flexibility index (Phi) is 2.88. The van der Waals surface area contributed by atoms with E-state index in [2.05, 4.69) is 5.10 Å². The minimum Gasteiger partial charge on any atom is -0.475 e. The Balaban J connectivity index is 2.40. The number of H-pyrrole nitrogens is 1. The predicted octanol–water partition coefficient (Wildman–Crippen LogP) is 0.185. The number of furan rings is 1. The molecule has 0 aliphatic rings. The van der Waals surface area contributed by atoms with Crippen molar-refractivity contribution < 1.29 is 14.3 Å². The van der Waals surface area contributed by atoms with Crippen LogP contribution in [0.4, 0.5) is 0 Å². The van der Waals surface area contributed by atoms with Gasteiger partial charge in [-0.3, -0.25) is 14.7 Å². The first-order chi connectivity index (χ1) is 8.47. The molecule has 0 spiro atoms. The van der Waals surface area contributed by atoms with Crippen LogP contribution in [0.25, 0.3) is 0 Å². The highest BCUT2D eigenvalue weighted by atomic mass is 16.4. The van der Waals surface area contributed by atoms with Crippen molar-refractivity contribution in [1.29, 1.82) is 0 Å². The van der Waals surface area contributed by atoms with E-state index in [4.69, 9.17) is 9.52 Å². The van der Waals surface area contributed by atoms with Gasteiger partial charge in [-0.2, -0.15) is 0 Å². The lowest BCUT2D eigenvalue weighted by molar-refractivity contribution is 0.0661. The Morgan fingerprint density at radius 2 is 2.17 bits per heavy atom. The lowest BCUT2D eigenvalue weighted by Crippen LogP contribution is -2.28. The fourth-order valence-electron chi connectivity index (χ4n) is 1.53. The zero-order valence-electron chi connectivity index (χ0n) is 9.47. The number of aromatic carboxylic acids is 1. The van der Waals surface area contributed by atoms with Gasteiger partial charge in [-0.1, -0.05) is 0 Å². The molecule has 7 nitrogen and oxygen atoms in total. The van der Waals surface area contributed by atoms with Crippen LogP contribution in [0.5, 0.6) is 0 Å². The van der Waals surface area contributed by atoms with Crippen LogP contribution in [0.3, 0.4) is 0 Å². The molecule has 18 heavy (non-hydrogen) atoms. The molecule has 2 aromatic heterocycles. The lowest BCUT2D eigenvalue weighted by atomic mass is 10.2. The summed E-state index contributed by atoms with van der Waals surface area (Å²) in [6.45, 7) is 1.64. The maximum Gasteiger partial charge on any atom is 0.371 e. The molecule has 2 N–H and O–H groups in total. The fraction of sp³-hybridized carbons (Fsp3) is 0.182. The fourth-order valence-corrected chi connectivity index (χ4v) is 1.53. The van der Waals surface area contributed by atoms with Gasteiger partial charge in [0.2, 0.25) is 5.76 Å². The van der Waals surface area contributed by atoms with Crippen LogP contribution in [0.2, 0.25) is 0 Å². The smallest absolute Gasteiger partial charge is 0.371 e. The Bertz CT molecular complexity index is 707. The predicted molar refractivity (Wildman–Crippen MR) is 60.8 cm³/mol. The molecule has 0 aliphatic heterocycles. The van der Waals surface area contributed by atoms with Crippen molar-refractivity contribution in [2.75, 3.05) is 0 Å². The molecule has 0 bridgehead atoms. The Morgan fingerprint density at radius 3 is 2.78 bits per heavy atom. The minimum absolute atomic E-state index is 0.0531. The number of carboxylic acids is 1. The molecule has 0 atom stereocenters. The van der Waals surface area contributed by atoms with Gasteiger partial charge in [-0.05, 0) is 13.0 Å². The Labute approximate surface area is 100 Å². The van der Waals surface area contributed by atoms with Crippen molar-refractivity contribution >= 4 is 5.97 Å². The van der Waals surface area contributed by atoms with Crippen LogP contribution in [0.1, 0.15) is 21.9 Å². The zero-order chi connectivity index (χ0) is 13.3. The molecular weight excluding hydrogens is 240 g/mol. The molecule has 94 valence electrons. The summed E-state index contributed by atoms with van der Waals surface area (Å²) < 4.78 is 6.10. The third kappa shape index (κ3) is 2.24. The quantitative estimate of drug-likeness (QED) is 0.808. The summed E-state index contributed by atoms with van der Waals surface area (Å²) in [6.07, 6.45) is 0. The molecule has 0 saturated heterocycles. The molecule has 0 aromatic carbocycles. The van der Waals surface area contributed by atoms with E-state index >= 15 is 0 Å². The monoisotopic (exact) mass is 250 g/mol. The number of aryl methyl sites for hydroxylation is 1. The van der Waals surface area contributed by atoms with Gasteiger partial charge in [-0.15, -0.1) is 0 Å². The van der Waals surface area contributed by atoms with Gasteiger partial charge >= 0.3 is 5.97 Å². The second-order valence-corrected chi connectivity index (χ2v) is 3.73. The van der Waals surface area contributed by atoms with E-state index in [1.807, 2.05) is 0 Å². The van der Waals surface area contributed by atoms with Gasteiger partial charge < -0.3 is 9.52 Å². The summed E-state index contributed by atoms with van der Waals surface area (Å²) in [5.41, 5.74) is -0.266. The zero-order valence-corrected chi connectivity index (χ0v) is 9.47. The maximum atomic E-state index is 11.5. The minimum atomic E-state index is -1.18. The van der Waals surface area contributed by atoms with Gasteiger partial charge in [0.15, 0.2) is 0 Å². The number of hydrogen-bond acceptors (Lipinski definition) is 4. The van der Waals surface area contributed by atoms with Crippen LogP contribution in [-0.4, -0.2) is 20.9 Å². The molecule has 7 heteroatoms. The summed E-state index contributed by atoms with van der Waals surface area (Å²) >= 11 is 0. The molecule has 0 aliphatic carbocycles. The normalized spacial score (nSPS) is 10.5. The van der Waals surface area contributed by atoms with Gasteiger partial charge in [0.1, 0.15) is 5.76 Å². The van der Waals surface area contributed by atoms with E-state index in [9.17, 15) is 14.4 Å². The van der Waals surface area contributed by atoms with Gasteiger partial charge in [-0.25, -0.2) is 9.48 Å². The van der Waals surface area contributed by atoms with Crippen LogP contribution in [0.15, 0.2) is 32.2 Å². The molecule has 2 aromatic rings. The van der Waals surface area contributed by atoms with Crippen LogP contribution >= 0.6 is 0 Å². The van der Waals surface area contributed by atoms with Crippen LogP contribution < -0.4 is 11.1 Å². The number of aromatic nitrogens is 2. The van der Waals surface area contributed by atoms with E-state index in [-0.39, 0.29) is 17.9 Å². The summed E-state index contributed by atoms with van der Waals surface area (Å²) in [5, 5.41) is 11.1. The average Bonchev–Trinajstić information content (AvgIpc) is 2.66. The molecule has 0 amide bonds. The topological polar surface area (TPSA) is 105 Å². The number of aromatic amines is 1. The van der Waals surface area contributed by atoms with Crippen molar-refractivity contribution in [3.63, 3.8) is 0 Å². The van der Waals surface area contributed by atoms with Crippen molar-refractivity contribution in [3.05, 3.63) is 56.0 Å². The van der Waals surface area contributed by atoms with Crippen molar-refractivity contribution in [3.8, 4) is 0 Å². The summed E-state index contributed by atoms with van der Waals surface area (Å²) in [4.78, 5) is 33.3. The first-order valence-electron chi connectivity index (χ1n) is 5.10. The molecule has 0 saturated carbocycles. The van der Waals surface area contributed by atoms with Gasteiger partial charge in [0.25, 0.3) is 11.1 Å². The Morgan fingerprint density at radius 1 is 1.44 bits per heavy atom. The third-order valence-corrected chi connectivity index (χ3v) is 2.45. The first-order valence-corrected chi connectivity index (χ1v) is 5.10. The number of carbonyl (C=O) groups is 1. The van der Waals surface area contributed by atoms with Crippen LogP contribution in [-0.2, 0) is 6.54 Å². The van der Waals surface area contributed by atoms with Crippen LogP contribution in [0, 0.1) is 6.92 Å². The van der Waals surface area contributed by atoms with E-state index < -0.39 is 11.5 Å². The number of rotatable bonds is 3. The second-order valence-electron chi connectivity index (χ2n) is 3.73. The summed E-state index contributed by atoms with van der Waals surface area (Å²) in [6, 6.07) is 3.60. The summed E-state index contributed by atoms with van der Waals surface area (Å²) in [5.74, 6) is -0.990. The third-order valence-electron chi connectivity index (χ3n) is 2.45. The van der Waals surface area contributed by atoms with Gasteiger partial charge in [0, 0.05) is 17.7 Å². The van der Waals surface area contributed by atoms with Crippen molar-refractivity contribution in [1.82, 2.24) is 9.78 Å². The lowest BCUT2D eigenvalue weighted by Gasteiger charge is -2.02. The number of hydrogen-bond donors (Lipinski definition) is 2. The molecule has 0 fully saturated rings. The maximum absolute atomic E-state index is 11.5. The highest BCUT2D eigenvalue weighted by Crippen LogP contribution is 2.14. The molecule has 0 radical (unpaired) electrons. The molecule has 2 heterocycles. The highest BCUT2D eigenvalue weighted by Gasteiger charge is 2.13.